The summed E-state index contributed by atoms with van der Waals surface area (Å²) in [7, 11) is 0. The van der Waals surface area contributed by atoms with E-state index in [1.54, 1.807) is 11.3 Å². The second-order valence-electron chi connectivity index (χ2n) is 3.92. The Hall–Kier alpha value is -0.410. The molecule has 1 aromatic heterocycles. The van der Waals surface area contributed by atoms with Crippen LogP contribution in [0.3, 0.4) is 0 Å². The average molecular weight is 398 g/mol. The highest BCUT2D eigenvalue weighted by atomic mass is 127. The number of ether oxygens (including phenoxy) is 1. The number of nitrogens with zero attached hydrogens (tertiary/aromatic N) is 2. The van der Waals surface area contributed by atoms with Crippen LogP contribution in [0.1, 0.15) is 28.9 Å². The van der Waals surface area contributed by atoms with Crippen molar-refractivity contribution in [2.24, 2.45) is 10.7 Å². The van der Waals surface area contributed by atoms with Crippen molar-refractivity contribution >= 4 is 41.3 Å². The lowest BCUT2D eigenvalue weighted by Crippen LogP contribution is -2.32. The molecule has 0 saturated heterocycles. The number of hydrogen-bond acceptors (Lipinski definition) is 4. The number of aryl methyl sites for hydroxylation is 2. The van der Waals surface area contributed by atoms with Crippen molar-refractivity contribution in [2.75, 3.05) is 19.8 Å². The Morgan fingerprint density at radius 1 is 1.47 bits per heavy atom. The molecule has 1 heterocycles. The van der Waals surface area contributed by atoms with E-state index in [2.05, 4.69) is 15.3 Å². The highest BCUT2D eigenvalue weighted by Crippen LogP contribution is 2.17. The van der Waals surface area contributed by atoms with Gasteiger partial charge in [0, 0.05) is 24.6 Å². The van der Waals surface area contributed by atoms with Crippen LogP contribution in [0.5, 0.6) is 0 Å². The molecule has 0 bridgehead atoms. The summed E-state index contributed by atoms with van der Waals surface area (Å²) < 4.78 is 5.24. The first-order chi connectivity index (χ1) is 8.63. The van der Waals surface area contributed by atoms with E-state index in [4.69, 9.17) is 10.5 Å². The molecular weight excluding hydrogens is 375 g/mol. The van der Waals surface area contributed by atoms with Crippen LogP contribution in [0.25, 0.3) is 0 Å². The summed E-state index contributed by atoms with van der Waals surface area (Å²) in [4.78, 5) is 9.83. The first-order valence-electron chi connectivity index (χ1n) is 6.18. The Balaban J connectivity index is 0.00000324. The summed E-state index contributed by atoms with van der Waals surface area (Å²) >= 11 is 1.67. The fraction of sp³-hybridized carbons (Fsp3) is 0.667. The molecule has 0 unspecified atom stereocenters. The number of guanidine groups is 1. The van der Waals surface area contributed by atoms with Gasteiger partial charge in [-0.15, -0.1) is 35.3 Å². The van der Waals surface area contributed by atoms with Crippen molar-refractivity contribution in [3.8, 4) is 0 Å². The van der Waals surface area contributed by atoms with Gasteiger partial charge in [-0.1, -0.05) is 0 Å². The molecule has 0 aliphatic carbocycles. The molecule has 0 spiro atoms. The van der Waals surface area contributed by atoms with Crippen LogP contribution < -0.4 is 11.1 Å². The van der Waals surface area contributed by atoms with Crippen molar-refractivity contribution in [2.45, 2.75) is 33.7 Å². The number of nitrogens with two attached hydrogens (primary N) is 1. The standard InChI is InChI=1S/C12H22N4OS.HI/c1-4-17-7-5-6-14-12(13)15-8-11-9(2)16-10(3)18-11;/h4-8H2,1-3H3,(H3,13,14,15);1H. The van der Waals surface area contributed by atoms with Gasteiger partial charge in [-0.3, -0.25) is 0 Å². The smallest absolute Gasteiger partial charge is 0.188 e. The number of aliphatic imine (C=N–C) groups is 1. The number of nitrogens with one attached hydrogen (secondary N) is 1. The molecule has 1 rings (SSSR count). The molecule has 3 N–H and O–H groups in total. The molecule has 19 heavy (non-hydrogen) atoms. The van der Waals surface area contributed by atoms with Crippen LogP contribution in [0.2, 0.25) is 0 Å². The van der Waals surface area contributed by atoms with Gasteiger partial charge < -0.3 is 15.8 Å². The summed E-state index contributed by atoms with van der Waals surface area (Å²) in [5.41, 5.74) is 6.82. The molecule has 0 aromatic carbocycles. The second kappa shape index (κ2) is 10.4. The van der Waals surface area contributed by atoms with Crippen molar-refractivity contribution in [1.29, 1.82) is 0 Å². The highest BCUT2D eigenvalue weighted by Gasteiger charge is 2.03. The Morgan fingerprint density at radius 2 is 2.21 bits per heavy atom. The van der Waals surface area contributed by atoms with Crippen LogP contribution in [-0.2, 0) is 11.3 Å². The molecule has 0 amide bonds. The zero-order valence-electron chi connectivity index (χ0n) is 11.7. The molecule has 0 aliphatic rings. The second-order valence-corrected chi connectivity index (χ2v) is 5.21. The molecule has 0 atom stereocenters. The molecule has 110 valence electrons. The third-order valence-electron chi connectivity index (χ3n) is 2.37. The summed E-state index contributed by atoms with van der Waals surface area (Å²) in [6.45, 7) is 8.89. The minimum atomic E-state index is 0. The molecule has 0 fully saturated rings. The van der Waals surface area contributed by atoms with E-state index in [1.807, 2.05) is 20.8 Å². The number of rotatable bonds is 7. The maximum atomic E-state index is 5.78. The molecule has 7 heteroatoms. The predicted octanol–water partition coefficient (Wildman–Crippen LogP) is 2.21. The molecule has 0 saturated carbocycles. The SMILES string of the molecule is CCOCCCNC(N)=NCc1sc(C)nc1C.I. The van der Waals surface area contributed by atoms with Gasteiger partial charge in [-0.05, 0) is 27.2 Å². The topological polar surface area (TPSA) is 72.5 Å². The van der Waals surface area contributed by atoms with E-state index >= 15 is 0 Å². The van der Waals surface area contributed by atoms with Crippen LogP contribution >= 0.6 is 35.3 Å². The van der Waals surface area contributed by atoms with Gasteiger partial charge in [0.15, 0.2) is 5.96 Å². The molecule has 0 radical (unpaired) electrons. The summed E-state index contributed by atoms with van der Waals surface area (Å²) in [6.07, 6.45) is 0.933. The first kappa shape index (κ1) is 18.6. The zero-order chi connectivity index (χ0) is 13.4. The summed E-state index contributed by atoms with van der Waals surface area (Å²) in [6, 6.07) is 0. The van der Waals surface area contributed by atoms with E-state index in [9.17, 15) is 0 Å². The van der Waals surface area contributed by atoms with Crippen LogP contribution in [0, 0.1) is 13.8 Å². The number of halogens is 1. The van der Waals surface area contributed by atoms with Gasteiger partial charge in [0.25, 0.3) is 0 Å². The number of hydrogen-bond donors (Lipinski definition) is 2. The fourth-order valence-corrected chi connectivity index (χ4v) is 2.33. The minimum Gasteiger partial charge on any atom is -0.382 e. The van der Waals surface area contributed by atoms with Crippen molar-refractivity contribution < 1.29 is 4.74 Å². The largest absolute Gasteiger partial charge is 0.382 e. The summed E-state index contributed by atoms with van der Waals surface area (Å²) in [5, 5.41) is 4.14. The number of aromatic nitrogens is 1. The predicted molar refractivity (Wildman–Crippen MR) is 91.4 cm³/mol. The monoisotopic (exact) mass is 398 g/mol. The van der Waals surface area contributed by atoms with Crippen molar-refractivity contribution in [3.63, 3.8) is 0 Å². The van der Waals surface area contributed by atoms with Gasteiger partial charge in [0.1, 0.15) is 0 Å². The zero-order valence-corrected chi connectivity index (χ0v) is 14.9. The Kier molecular flexibility index (Phi) is 10.2. The van der Waals surface area contributed by atoms with E-state index < -0.39 is 0 Å². The van der Waals surface area contributed by atoms with Crippen molar-refractivity contribution in [3.05, 3.63) is 15.6 Å². The lowest BCUT2D eigenvalue weighted by atomic mass is 10.4. The lowest BCUT2D eigenvalue weighted by molar-refractivity contribution is 0.145. The number of thiazole rings is 1. The highest BCUT2D eigenvalue weighted by molar-refractivity contribution is 14.0. The fourth-order valence-electron chi connectivity index (χ4n) is 1.47. The van der Waals surface area contributed by atoms with Gasteiger partial charge in [0.2, 0.25) is 0 Å². The minimum absolute atomic E-state index is 0. The van der Waals surface area contributed by atoms with Crippen LogP contribution in [-0.4, -0.2) is 30.7 Å². The molecule has 5 nitrogen and oxygen atoms in total. The van der Waals surface area contributed by atoms with Gasteiger partial charge in [-0.2, -0.15) is 0 Å². The summed E-state index contributed by atoms with van der Waals surface area (Å²) in [5.74, 6) is 0.483. The quantitative estimate of drug-likeness (QED) is 0.320. The first-order valence-corrected chi connectivity index (χ1v) is 6.99. The van der Waals surface area contributed by atoms with Crippen molar-refractivity contribution in [1.82, 2.24) is 10.3 Å². The van der Waals surface area contributed by atoms with Gasteiger partial charge in [-0.25, -0.2) is 9.98 Å². The van der Waals surface area contributed by atoms with Gasteiger partial charge in [0.05, 0.1) is 17.2 Å². The van der Waals surface area contributed by atoms with Crippen LogP contribution in [0.15, 0.2) is 4.99 Å². The molecule has 0 aliphatic heterocycles. The van der Waals surface area contributed by atoms with E-state index in [0.717, 1.165) is 36.9 Å². The van der Waals surface area contributed by atoms with Crippen LogP contribution in [0.4, 0.5) is 0 Å². The third kappa shape index (κ3) is 7.68. The molecule has 1 aromatic rings. The average Bonchev–Trinajstić information content (AvgIpc) is 2.65. The Morgan fingerprint density at radius 3 is 2.79 bits per heavy atom. The van der Waals surface area contributed by atoms with Gasteiger partial charge >= 0.3 is 0 Å². The Labute approximate surface area is 136 Å². The maximum absolute atomic E-state index is 5.78. The van der Waals surface area contributed by atoms with E-state index in [0.29, 0.717) is 12.5 Å². The third-order valence-corrected chi connectivity index (χ3v) is 3.43. The Bertz CT molecular complexity index is 395. The van der Waals surface area contributed by atoms with E-state index in [-0.39, 0.29) is 24.0 Å². The lowest BCUT2D eigenvalue weighted by Gasteiger charge is -2.05. The molecular formula is C12H23IN4OS. The van der Waals surface area contributed by atoms with E-state index in [1.165, 1.54) is 4.88 Å². The normalized spacial score (nSPS) is 11.2. The maximum Gasteiger partial charge on any atom is 0.188 e.